The fourth-order valence-corrected chi connectivity index (χ4v) is 2.05. The fourth-order valence-electron chi connectivity index (χ4n) is 2.05. The Morgan fingerprint density at radius 1 is 1.18 bits per heavy atom. The lowest BCUT2D eigenvalue weighted by Gasteiger charge is -2.23. The molecule has 0 aliphatic carbocycles. The number of nitrogens with two attached hydrogens (primary N) is 1. The predicted molar refractivity (Wildman–Crippen MR) is 69.4 cm³/mol. The van der Waals surface area contributed by atoms with Crippen molar-refractivity contribution in [1.82, 2.24) is 0 Å². The average Bonchev–Trinajstić information content (AvgIpc) is 2.33. The van der Waals surface area contributed by atoms with Crippen LogP contribution in [0.1, 0.15) is 36.1 Å². The number of methoxy groups -OCH3 is 1. The van der Waals surface area contributed by atoms with Gasteiger partial charge in [-0.25, -0.2) is 0 Å². The Hall–Kier alpha value is -1.70. The molecule has 0 heterocycles. The van der Waals surface area contributed by atoms with Gasteiger partial charge in [0, 0.05) is 11.6 Å². The second kappa shape index (κ2) is 6.20. The molecule has 0 radical (unpaired) electrons. The third kappa shape index (κ3) is 4.16. The molecule has 0 spiro atoms. The molecule has 0 bridgehead atoms. The topological polar surface area (TPSA) is 35.2 Å². The van der Waals surface area contributed by atoms with Gasteiger partial charge in [0.15, 0.2) is 0 Å². The number of halogens is 6. The third-order valence-corrected chi connectivity index (χ3v) is 2.93. The van der Waals surface area contributed by atoms with Crippen LogP contribution in [0.25, 0.3) is 0 Å². The van der Waals surface area contributed by atoms with Crippen molar-refractivity contribution < 1.29 is 31.1 Å². The van der Waals surface area contributed by atoms with Gasteiger partial charge in [-0.3, -0.25) is 0 Å². The summed E-state index contributed by atoms with van der Waals surface area (Å²) in [5, 5.41) is 0. The molecular formula is C14H15F6NO. The molecule has 1 atom stereocenters. The van der Waals surface area contributed by atoms with Crippen LogP contribution >= 0.6 is 0 Å². The molecule has 0 aromatic heterocycles. The maximum Gasteiger partial charge on any atom is 0.416 e. The zero-order valence-corrected chi connectivity index (χ0v) is 11.9. The molecule has 0 fully saturated rings. The van der Waals surface area contributed by atoms with Gasteiger partial charge in [-0.05, 0) is 25.5 Å². The minimum atomic E-state index is -4.99. The molecule has 0 aliphatic heterocycles. The van der Waals surface area contributed by atoms with Gasteiger partial charge in [-0.2, -0.15) is 26.3 Å². The van der Waals surface area contributed by atoms with E-state index in [-0.39, 0.29) is 12.5 Å². The summed E-state index contributed by atoms with van der Waals surface area (Å²) in [5.74, 6) is -0.545. The van der Waals surface area contributed by atoms with Crippen LogP contribution in [-0.4, -0.2) is 7.11 Å². The molecule has 0 aliphatic rings. The van der Waals surface area contributed by atoms with Gasteiger partial charge >= 0.3 is 12.4 Å². The lowest BCUT2D eigenvalue weighted by molar-refractivity contribution is -0.143. The Morgan fingerprint density at radius 2 is 1.73 bits per heavy atom. The zero-order chi connectivity index (χ0) is 17.3. The van der Waals surface area contributed by atoms with Crippen LogP contribution < -0.4 is 10.5 Å². The van der Waals surface area contributed by atoms with E-state index in [1.54, 1.807) is 6.92 Å². The van der Waals surface area contributed by atoms with Gasteiger partial charge in [-0.1, -0.05) is 5.57 Å². The lowest BCUT2D eigenvalue weighted by atomic mass is 9.93. The summed E-state index contributed by atoms with van der Waals surface area (Å²) < 4.78 is 82.3. The predicted octanol–water partition coefficient (Wildman–Crippen LogP) is 4.70. The molecule has 22 heavy (non-hydrogen) atoms. The molecule has 1 aromatic carbocycles. The van der Waals surface area contributed by atoms with E-state index >= 15 is 0 Å². The van der Waals surface area contributed by atoms with Gasteiger partial charge < -0.3 is 10.5 Å². The van der Waals surface area contributed by atoms with Crippen molar-refractivity contribution in [2.45, 2.75) is 31.7 Å². The van der Waals surface area contributed by atoms with Crippen molar-refractivity contribution in [3.8, 4) is 5.75 Å². The maximum absolute atomic E-state index is 13.1. The van der Waals surface area contributed by atoms with Crippen LogP contribution in [-0.2, 0) is 12.4 Å². The molecule has 1 aromatic rings. The monoisotopic (exact) mass is 327 g/mol. The van der Waals surface area contributed by atoms with Crippen molar-refractivity contribution in [2.75, 3.05) is 7.11 Å². The third-order valence-electron chi connectivity index (χ3n) is 2.93. The highest BCUT2D eigenvalue weighted by Crippen LogP contribution is 2.44. The van der Waals surface area contributed by atoms with Crippen molar-refractivity contribution in [1.29, 1.82) is 0 Å². The highest BCUT2D eigenvalue weighted by Gasteiger charge is 2.41. The summed E-state index contributed by atoms with van der Waals surface area (Å²) in [6.45, 7) is 5.10. The summed E-state index contributed by atoms with van der Waals surface area (Å²) in [6.07, 6.45) is -9.92. The minimum absolute atomic E-state index is 0.00912. The second-order valence-corrected chi connectivity index (χ2v) is 4.90. The number of hydrogen-bond donors (Lipinski definition) is 1. The summed E-state index contributed by atoms with van der Waals surface area (Å²) in [5.41, 5.74) is 2.81. The van der Waals surface area contributed by atoms with Crippen LogP contribution in [0.3, 0.4) is 0 Å². The van der Waals surface area contributed by atoms with Crippen LogP contribution in [0.15, 0.2) is 24.3 Å². The molecule has 8 heteroatoms. The van der Waals surface area contributed by atoms with E-state index in [1.807, 2.05) is 0 Å². The van der Waals surface area contributed by atoms with Gasteiger partial charge in [0.1, 0.15) is 5.75 Å². The normalized spacial score (nSPS) is 13.9. The minimum Gasteiger partial charge on any atom is -0.496 e. The molecule has 1 rings (SSSR count). The molecule has 0 saturated carbocycles. The SMILES string of the molecule is C=C(C)C[C@H](N)c1c(OC)cc(C(F)(F)F)cc1C(F)(F)F. The number of hydrogen-bond acceptors (Lipinski definition) is 2. The first-order chi connectivity index (χ1) is 9.87. The van der Waals surface area contributed by atoms with Crippen LogP contribution in [0.5, 0.6) is 5.75 Å². The van der Waals surface area contributed by atoms with E-state index in [0.717, 1.165) is 7.11 Å². The number of rotatable bonds is 4. The molecule has 0 amide bonds. The van der Waals surface area contributed by atoms with Crippen LogP contribution in [0.2, 0.25) is 0 Å². The fraction of sp³-hybridized carbons (Fsp3) is 0.429. The van der Waals surface area contributed by atoms with Crippen molar-refractivity contribution in [3.05, 3.63) is 41.0 Å². The van der Waals surface area contributed by atoms with Gasteiger partial charge in [-0.15, -0.1) is 6.58 Å². The highest BCUT2D eigenvalue weighted by molar-refractivity contribution is 5.48. The van der Waals surface area contributed by atoms with Crippen LogP contribution in [0.4, 0.5) is 26.3 Å². The standard InChI is InChI=1S/C14H15F6NO/c1-7(2)4-10(21)12-9(14(18,19)20)5-8(13(15,16)17)6-11(12)22-3/h5-6,10H,1,4,21H2,2-3H3/t10-/m0/s1. The largest absolute Gasteiger partial charge is 0.496 e. The van der Waals surface area contributed by atoms with Gasteiger partial charge in [0.2, 0.25) is 0 Å². The summed E-state index contributed by atoms with van der Waals surface area (Å²) in [4.78, 5) is 0. The van der Waals surface area contributed by atoms with E-state index < -0.39 is 40.8 Å². The Balaban J connectivity index is 3.62. The van der Waals surface area contributed by atoms with Crippen molar-refractivity contribution in [2.24, 2.45) is 5.73 Å². The Labute approximate surface area is 123 Å². The van der Waals surface area contributed by atoms with Gasteiger partial charge in [0.05, 0.1) is 18.2 Å². The number of ether oxygens (including phenoxy) is 1. The first kappa shape index (κ1) is 18.3. The van der Waals surface area contributed by atoms with Gasteiger partial charge in [0.25, 0.3) is 0 Å². The molecule has 124 valence electrons. The summed E-state index contributed by atoms with van der Waals surface area (Å²) >= 11 is 0. The number of alkyl halides is 6. The first-order valence-corrected chi connectivity index (χ1v) is 6.14. The van der Waals surface area contributed by atoms with E-state index in [1.165, 1.54) is 0 Å². The summed E-state index contributed by atoms with van der Waals surface area (Å²) in [6, 6.07) is -0.606. The van der Waals surface area contributed by atoms with E-state index in [4.69, 9.17) is 10.5 Å². The maximum atomic E-state index is 13.1. The molecule has 0 saturated heterocycles. The summed E-state index contributed by atoms with van der Waals surface area (Å²) in [7, 11) is 0.993. The highest BCUT2D eigenvalue weighted by atomic mass is 19.4. The average molecular weight is 327 g/mol. The van der Waals surface area contributed by atoms with E-state index in [0.29, 0.717) is 11.6 Å². The van der Waals surface area contributed by atoms with Crippen molar-refractivity contribution >= 4 is 0 Å². The second-order valence-electron chi connectivity index (χ2n) is 4.90. The Kier molecular flexibility index (Phi) is 5.17. The molecule has 2 nitrogen and oxygen atoms in total. The first-order valence-electron chi connectivity index (χ1n) is 6.14. The molecule has 0 unspecified atom stereocenters. The van der Waals surface area contributed by atoms with E-state index in [9.17, 15) is 26.3 Å². The Bertz CT molecular complexity index is 562. The quantitative estimate of drug-likeness (QED) is 0.643. The molecular weight excluding hydrogens is 312 g/mol. The lowest BCUT2D eigenvalue weighted by Crippen LogP contribution is -2.20. The molecule has 2 N–H and O–H groups in total. The number of benzene rings is 1. The van der Waals surface area contributed by atoms with Crippen molar-refractivity contribution in [3.63, 3.8) is 0 Å². The zero-order valence-electron chi connectivity index (χ0n) is 11.9. The van der Waals surface area contributed by atoms with Crippen LogP contribution in [0, 0.1) is 0 Å². The Morgan fingerprint density at radius 3 is 2.09 bits per heavy atom. The smallest absolute Gasteiger partial charge is 0.416 e. The van der Waals surface area contributed by atoms with E-state index in [2.05, 4.69) is 6.58 Å².